The van der Waals surface area contributed by atoms with Crippen molar-refractivity contribution >= 4 is 5.97 Å². The summed E-state index contributed by atoms with van der Waals surface area (Å²) in [6.07, 6.45) is 0. The van der Waals surface area contributed by atoms with Crippen LogP contribution in [0.5, 0.6) is 5.75 Å². The molecule has 1 rings (SSSR count). The molecule has 0 saturated heterocycles. The quantitative estimate of drug-likeness (QED) is 0.636. The lowest BCUT2D eigenvalue weighted by Crippen LogP contribution is -2.28. The molecule has 0 aliphatic carbocycles. The first kappa shape index (κ1) is 18.0. The normalized spacial score (nSPS) is 10.9. The fourth-order valence-corrected chi connectivity index (χ4v) is 1.90. The smallest absolute Gasteiger partial charge is 0.341 e. The lowest BCUT2D eigenvalue weighted by atomic mass is 9.80. The Morgan fingerprint density at radius 2 is 1.91 bits per heavy atom. The first-order valence-corrected chi connectivity index (χ1v) is 6.90. The number of carbonyl (C=O) groups is 1. The zero-order valence-electron chi connectivity index (χ0n) is 13.3. The number of aliphatic hydroxyl groups excluding tert-OH is 2. The van der Waals surface area contributed by atoms with Crippen molar-refractivity contribution in [1.82, 2.24) is 0 Å². The van der Waals surface area contributed by atoms with E-state index in [9.17, 15) is 15.0 Å². The lowest BCUT2D eigenvalue weighted by molar-refractivity contribution is 0.0597. The number of carbonyl (C=O) groups excluding carboxylic acids is 1. The molecule has 1 aromatic rings. The molecule has 0 heterocycles. The number of hydrogen-bond acceptors (Lipinski definition) is 5. The van der Waals surface area contributed by atoms with E-state index in [1.165, 1.54) is 14.2 Å². The van der Waals surface area contributed by atoms with E-state index < -0.39 is 11.4 Å². The van der Waals surface area contributed by atoms with Crippen LogP contribution < -0.4 is 4.74 Å². The zero-order chi connectivity index (χ0) is 16.8. The van der Waals surface area contributed by atoms with Gasteiger partial charge in [0.05, 0.1) is 14.2 Å². The topological polar surface area (TPSA) is 76.0 Å². The van der Waals surface area contributed by atoms with Crippen molar-refractivity contribution in [2.75, 3.05) is 27.4 Å². The van der Waals surface area contributed by atoms with Crippen LogP contribution in [0, 0.1) is 23.2 Å². The average Bonchev–Trinajstić information content (AvgIpc) is 2.52. The Morgan fingerprint density at radius 3 is 2.41 bits per heavy atom. The minimum atomic E-state index is -0.544. The van der Waals surface area contributed by atoms with Crippen LogP contribution in [0.15, 0.2) is 18.2 Å². The second kappa shape index (κ2) is 7.83. The first-order chi connectivity index (χ1) is 10.4. The summed E-state index contributed by atoms with van der Waals surface area (Å²) in [5.41, 5.74) is 0.461. The third-order valence-electron chi connectivity index (χ3n) is 3.60. The highest BCUT2D eigenvalue weighted by Gasteiger charge is 2.26. The van der Waals surface area contributed by atoms with Gasteiger partial charge in [-0.3, -0.25) is 0 Å². The van der Waals surface area contributed by atoms with Crippen LogP contribution in [-0.2, 0) is 4.74 Å². The molecule has 0 aliphatic heterocycles. The van der Waals surface area contributed by atoms with Gasteiger partial charge in [0.25, 0.3) is 0 Å². The van der Waals surface area contributed by atoms with Crippen LogP contribution in [0.4, 0.5) is 0 Å². The molecule has 5 nitrogen and oxygen atoms in total. The summed E-state index contributed by atoms with van der Waals surface area (Å²) < 4.78 is 9.86. The van der Waals surface area contributed by atoms with Gasteiger partial charge in [-0.2, -0.15) is 0 Å². The highest BCUT2D eigenvalue weighted by molar-refractivity contribution is 5.92. The highest BCUT2D eigenvalue weighted by Crippen LogP contribution is 2.26. The van der Waals surface area contributed by atoms with Crippen molar-refractivity contribution in [1.29, 1.82) is 0 Å². The van der Waals surface area contributed by atoms with Crippen LogP contribution in [-0.4, -0.2) is 43.6 Å². The monoisotopic (exact) mass is 306 g/mol. The molecule has 0 unspecified atom stereocenters. The molecule has 0 saturated carbocycles. The molecular weight excluding hydrogens is 284 g/mol. The molecule has 0 bridgehead atoms. The van der Waals surface area contributed by atoms with Crippen molar-refractivity contribution < 1.29 is 24.5 Å². The van der Waals surface area contributed by atoms with E-state index >= 15 is 0 Å². The van der Waals surface area contributed by atoms with E-state index in [0.717, 1.165) is 0 Å². The van der Waals surface area contributed by atoms with Crippen LogP contribution in [0.3, 0.4) is 0 Å². The van der Waals surface area contributed by atoms with E-state index in [4.69, 9.17) is 4.74 Å². The van der Waals surface area contributed by atoms with E-state index in [1.807, 2.05) is 13.8 Å². The van der Waals surface area contributed by atoms with Crippen LogP contribution in [0.1, 0.15) is 29.8 Å². The predicted molar refractivity (Wildman–Crippen MR) is 82.7 cm³/mol. The number of aliphatic hydroxyl groups is 2. The van der Waals surface area contributed by atoms with Gasteiger partial charge in [0.15, 0.2) is 0 Å². The molecule has 1 aromatic carbocycles. The fraction of sp³-hybridized carbons (Fsp3) is 0.471. The first-order valence-electron chi connectivity index (χ1n) is 6.90. The van der Waals surface area contributed by atoms with Gasteiger partial charge in [0.2, 0.25) is 0 Å². The van der Waals surface area contributed by atoms with Crippen LogP contribution in [0.25, 0.3) is 0 Å². The summed E-state index contributed by atoms with van der Waals surface area (Å²) in [5, 5.41) is 18.5. The summed E-state index contributed by atoms with van der Waals surface area (Å²) in [4.78, 5) is 11.6. The lowest BCUT2D eigenvalue weighted by Gasteiger charge is -2.26. The maximum absolute atomic E-state index is 11.6. The van der Waals surface area contributed by atoms with Gasteiger partial charge in [-0.15, -0.1) is 0 Å². The van der Waals surface area contributed by atoms with E-state index in [2.05, 4.69) is 16.6 Å². The summed E-state index contributed by atoms with van der Waals surface area (Å²) in [6, 6.07) is 4.95. The SMILES string of the molecule is COC(=O)c1ccc(C#CC(C)(C)C(CO)CO)cc1OC. The van der Waals surface area contributed by atoms with Gasteiger partial charge in [0.1, 0.15) is 11.3 Å². The Labute approximate surface area is 130 Å². The Kier molecular flexibility index (Phi) is 6.41. The van der Waals surface area contributed by atoms with Gasteiger partial charge in [-0.05, 0) is 32.0 Å². The number of ether oxygens (including phenoxy) is 2. The third kappa shape index (κ3) is 4.23. The molecule has 0 atom stereocenters. The molecule has 120 valence electrons. The molecule has 0 spiro atoms. The number of methoxy groups -OCH3 is 2. The molecule has 2 N–H and O–H groups in total. The fourth-order valence-electron chi connectivity index (χ4n) is 1.90. The number of hydrogen-bond donors (Lipinski definition) is 2. The van der Waals surface area contributed by atoms with Crippen LogP contribution in [0.2, 0.25) is 0 Å². The maximum Gasteiger partial charge on any atom is 0.341 e. The van der Waals surface area contributed by atoms with Crippen molar-refractivity contribution in [3.63, 3.8) is 0 Å². The third-order valence-corrected chi connectivity index (χ3v) is 3.60. The zero-order valence-corrected chi connectivity index (χ0v) is 13.3. The van der Waals surface area contributed by atoms with Gasteiger partial charge >= 0.3 is 5.97 Å². The van der Waals surface area contributed by atoms with Crippen molar-refractivity contribution in [2.24, 2.45) is 11.3 Å². The molecule has 0 amide bonds. The van der Waals surface area contributed by atoms with E-state index in [-0.39, 0.29) is 19.1 Å². The Hall–Kier alpha value is -2.03. The number of esters is 1. The molecule has 0 aliphatic rings. The predicted octanol–water partition coefficient (Wildman–Crippen LogP) is 1.46. The van der Waals surface area contributed by atoms with E-state index in [0.29, 0.717) is 16.9 Å². The Balaban J connectivity index is 3.11. The van der Waals surface area contributed by atoms with Crippen molar-refractivity contribution in [3.8, 4) is 17.6 Å². The highest BCUT2D eigenvalue weighted by atomic mass is 16.5. The summed E-state index contributed by atoms with van der Waals surface area (Å²) >= 11 is 0. The van der Waals surface area contributed by atoms with E-state index in [1.54, 1.807) is 18.2 Å². The largest absolute Gasteiger partial charge is 0.496 e. The molecule has 0 radical (unpaired) electrons. The molecule has 22 heavy (non-hydrogen) atoms. The summed E-state index contributed by atoms with van der Waals surface area (Å²) in [6.45, 7) is 3.44. The second-order valence-electron chi connectivity index (χ2n) is 5.44. The molecule has 0 fully saturated rings. The van der Waals surface area contributed by atoms with Gasteiger partial charge in [-0.25, -0.2) is 4.79 Å². The standard InChI is InChI=1S/C17H22O5/c1-17(2,13(10-18)11-19)8-7-12-5-6-14(16(20)22-4)15(9-12)21-3/h5-6,9,13,18-19H,10-11H2,1-4H3. The molecule has 5 heteroatoms. The summed E-state index contributed by atoms with van der Waals surface area (Å²) in [7, 11) is 2.78. The Bertz CT molecular complexity index is 576. The molecule has 0 aromatic heterocycles. The number of benzene rings is 1. The minimum absolute atomic E-state index is 0.136. The Morgan fingerprint density at radius 1 is 1.27 bits per heavy atom. The van der Waals surface area contributed by atoms with Gasteiger partial charge in [-0.1, -0.05) is 11.8 Å². The number of rotatable bonds is 5. The summed E-state index contributed by atoms with van der Waals surface area (Å²) in [5.74, 6) is 5.63. The van der Waals surface area contributed by atoms with Gasteiger partial charge in [0, 0.05) is 30.1 Å². The van der Waals surface area contributed by atoms with Crippen molar-refractivity contribution in [3.05, 3.63) is 29.3 Å². The average molecular weight is 306 g/mol. The second-order valence-corrected chi connectivity index (χ2v) is 5.44. The maximum atomic E-state index is 11.6. The van der Waals surface area contributed by atoms with Crippen molar-refractivity contribution in [2.45, 2.75) is 13.8 Å². The van der Waals surface area contributed by atoms with Gasteiger partial charge < -0.3 is 19.7 Å². The minimum Gasteiger partial charge on any atom is -0.496 e. The van der Waals surface area contributed by atoms with Crippen LogP contribution >= 0.6 is 0 Å². The molecular formula is C17H22O5.